The van der Waals surface area contributed by atoms with Gasteiger partial charge in [-0.2, -0.15) is 0 Å². The first kappa shape index (κ1) is 19.6. The van der Waals surface area contributed by atoms with E-state index < -0.39 is 11.6 Å². The molecule has 4 nitrogen and oxygen atoms in total. The van der Waals surface area contributed by atoms with E-state index >= 15 is 0 Å². The van der Waals surface area contributed by atoms with Gasteiger partial charge in [0.25, 0.3) is 0 Å². The van der Waals surface area contributed by atoms with Gasteiger partial charge in [0.2, 0.25) is 5.91 Å². The topological polar surface area (TPSA) is 50.4 Å². The lowest BCUT2D eigenvalue weighted by Crippen LogP contribution is -2.50. The Morgan fingerprint density at radius 1 is 1.22 bits per heavy atom. The number of methoxy groups -OCH3 is 1. The van der Waals surface area contributed by atoms with E-state index in [4.69, 9.17) is 4.74 Å². The maximum atomic E-state index is 13.6. The Morgan fingerprint density at radius 3 is 2.70 bits per heavy atom. The second-order valence-corrected chi connectivity index (χ2v) is 7.46. The van der Waals surface area contributed by atoms with Crippen LogP contribution in [0, 0.1) is 11.6 Å². The molecular formula is C20H22F2N2O2S. The zero-order valence-electron chi connectivity index (χ0n) is 15.0. The van der Waals surface area contributed by atoms with Crippen LogP contribution in [0.3, 0.4) is 0 Å². The quantitative estimate of drug-likeness (QED) is 0.741. The second-order valence-electron chi connectivity index (χ2n) is 6.41. The van der Waals surface area contributed by atoms with Gasteiger partial charge in [-0.1, -0.05) is 6.07 Å². The van der Waals surface area contributed by atoms with E-state index in [-0.39, 0.29) is 23.6 Å². The summed E-state index contributed by atoms with van der Waals surface area (Å²) in [5.41, 5.74) is 0.712. The van der Waals surface area contributed by atoms with Crippen LogP contribution in [0.2, 0.25) is 0 Å². The minimum absolute atomic E-state index is 0.0451. The number of rotatable bonds is 6. The first-order valence-corrected chi connectivity index (χ1v) is 9.77. The van der Waals surface area contributed by atoms with E-state index in [0.717, 1.165) is 29.7 Å². The van der Waals surface area contributed by atoms with Crippen LogP contribution in [0.15, 0.2) is 47.4 Å². The summed E-state index contributed by atoms with van der Waals surface area (Å²) in [4.78, 5) is 13.4. The number of hydrogen-bond acceptors (Lipinski definition) is 4. The van der Waals surface area contributed by atoms with E-state index in [1.807, 2.05) is 24.3 Å². The summed E-state index contributed by atoms with van der Waals surface area (Å²) < 4.78 is 31.9. The van der Waals surface area contributed by atoms with Crippen molar-refractivity contribution in [2.45, 2.75) is 23.3 Å². The standard InChI is InChI=1S/C20H22F2N2O2S/c1-26-14-3-5-15(6-4-14)27-12-20(25)24-19-11-23-9-8-16(19)13-2-7-17(21)18(22)10-13/h2-7,10,16,19,23H,8-9,11-12H2,1H3,(H,24,25). The Labute approximate surface area is 161 Å². The molecule has 1 amide bonds. The Balaban J connectivity index is 1.59. The molecular weight excluding hydrogens is 370 g/mol. The summed E-state index contributed by atoms with van der Waals surface area (Å²) in [5.74, 6) is -0.789. The maximum absolute atomic E-state index is 13.6. The molecule has 0 saturated carbocycles. The zero-order chi connectivity index (χ0) is 19.2. The molecule has 2 unspecified atom stereocenters. The number of hydrogen-bond donors (Lipinski definition) is 2. The number of piperidine rings is 1. The number of amides is 1. The summed E-state index contributed by atoms with van der Waals surface area (Å²) in [5, 5.41) is 6.28. The van der Waals surface area contributed by atoms with Crippen LogP contribution in [-0.2, 0) is 4.79 Å². The maximum Gasteiger partial charge on any atom is 0.230 e. The van der Waals surface area contributed by atoms with Crippen LogP contribution >= 0.6 is 11.8 Å². The predicted molar refractivity (Wildman–Crippen MR) is 102 cm³/mol. The lowest BCUT2D eigenvalue weighted by Gasteiger charge is -2.33. The Kier molecular flexibility index (Phi) is 6.68. The summed E-state index contributed by atoms with van der Waals surface area (Å²) >= 11 is 1.44. The van der Waals surface area contributed by atoms with Gasteiger partial charge in [0.15, 0.2) is 11.6 Å². The number of ether oxygens (including phenoxy) is 1. The van der Waals surface area contributed by atoms with Gasteiger partial charge in [0.1, 0.15) is 5.75 Å². The third-order valence-corrected chi connectivity index (χ3v) is 5.64. The van der Waals surface area contributed by atoms with E-state index in [9.17, 15) is 13.6 Å². The minimum atomic E-state index is -0.857. The molecule has 0 aliphatic carbocycles. The average Bonchev–Trinajstić information content (AvgIpc) is 2.69. The highest BCUT2D eigenvalue weighted by molar-refractivity contribution is 8.00. The zero-order valence-corrected chi connectivity index (χ0v) is 15.8. The fourth-order valence-corrected chi connectivity index (χ4v) is 3.93. The smallest absolute Gasteiger partial charge is 0.230 e. The van der Waals surface area contributed by atoms with Crippen molar-refractivity contribution in [3.8, 4) is 5.75 Å². The lowest BCUT2D eigenvalue weighted by molar-refractivity contribution is -0.119. The molecule has 3 rings (SSSR count). The Morgan fingerprint density at radius 2 is 2.00 bits per heavy atom. The monoisotopic (exact) mass is 392 g/mol. The van der Waals surface area contributed by atoms with Crippen molar-refractivity contribution in [2.75, 3.05) is 26.0 Å². The number of nitrogens with one attached hydrogen (secondary N) is 2. The molecule has 1 fully saturated rings. The predicted octanol–water partition coefficient (Wildman–Crippen LogP) is 3.33. The van der Waals surface area contributed by atoms with Crippen molar-refractivity contribution in [3.05, 3.63) is 59.7 Å². The number of carbonyl (C=O) groups is 1. The van der Waals surface area contributed by atoms with Gasteiger partial charge in [-0.05, 0) is 54.9 Å². The SMILES string of the molecule is COc1ccc(SCC(=O)NC2CNCCC2c2ccc(F)c(F)c2)cc1. The minimum Gasteiger partial charge on any atom is -0.497 e. The first-order chi connectivity index (χ1) is 13.1. The third-order valence-electron chi connectivity index (χ3n) is 4.63. The molecule has 27 heavy (non-hydrogen) atoms. The van der Waals surface area contributed by atoms with E-state index in [2.05, 4.69) is 10.6 Å². The molecule has 0 radical (unpaired) electrons. The molecule has 2 atom stereocenters. The van der Waals surface area contributed by atoms with Gasteiger partial charge in [-0.25, -0.2) is 8.78 Å². The number of thioether (sulfide) groups is 1. The highest BCUT2D eigenvalue weighted by Crippen LogP contribution is 2.27. The van der Waals surface area contributed by atoms with Crippen molar-refractivity contribution in [3.63, 3.8) is 0 Å². The van der Waals surface area contributed by atoms with Crippen LogP contribution in [0.5, 0.6) is 5.75 Å². The summed E-state index contributed by atoms with van der Waals surface area (Å²) in [7, 11) is 1.61. The molecule has 2 aromatic rings. The van der Waals surface area contributed by atoms with Gasteiger partial charge in [0.05, 0.1) is 12.9 Å². The van der Waals surface area contributed by atoms with Crippen molar-refractivity contribution < 1.29 is 18.3 Å². The summed E-state index contributed by atoms with van der Waals surface area (Å²) in [6, 6.07) is 11.3. The molecule has 1 saturated heterocycles. The van der Waals surface area contributed by atoms with Gasteiger partial charge >= 0.3 is 0 Å². The molecule has 144 valence electrons. The highest BCUT2D eigenvalue weighted by Gasteiger charge is 2.28. The molecule has 1 aliphatic rings. The van der Waals surface area contributed by atoms with Crippen molar-refractivity contribution in [1.82, 2.24) is 10.6 Å². The molecule has 0 bridgehead atoms. The van der Waals surface area contributed by atoms with Gasteiger partial charge in [-0.15, -0.1) is 11.8 Å². The van der Waals surface area contributed by atoms with Crippen LogP contribution in [-0.4, -0.2) is 37.9 Å². The van der Waals surface area contributed by atoms with Gasteiger partial charge < -0.3 is 15.4 Å². The fraction of sp³-hybridized carbons (Fsp3) is 0.350. The normalized spacial score (nSPS) is 19.5. The van der Waals surface area contributed by atoms with Gasteiger partial charge in [-0.3, -0.25) is 4.79 Å². The van der Waals surface area contributed by atoms with E-state index in [1.165, 1.54) is 17.8 Å². The van der Waals surface area contributed by atoms with Gasteiger partial charge in [0, 0.05) is 23.4 Å². The lowest BCUT2D eigenvalue weighted by atomic mass is 9.86. The largest absolute Gasteiger partial charge is 0.497 e. The summed E-state index contributed by atoms with van der Waals surface area (Å²) in [6.07, 6.45) is 0.752. The van der Waals surface area contributed by atoms with Crippen molar-refractivity contribution in [1.29, 1.82) is 0 Å². The van der Waals surface area contributed by atoms with Crippen molar-refractivity contribution in [2.24, 2.45) is 0 Å². The fourth-order valence-electron chi connectivity index (χ4n) is 3.22. The molecule has 2 aromatic carbocycles. The molecule has 2 N–H and O–H groups in total. The Bertz CT molecular complexity index is 786. The third kappa shape index (κ3) is 5.20. The molecule has 1 aliphatic heterocycles. The first-order valence-electron chi connectivity index (χ1n) is 8.78. The van der Waals surface area contributed by atoms with Crippen LogP contribution < -0.4 is 15.4 Å². The molecule has 7 heteroatoms. The average molecular weight is 392 g/mol. The number of benzene rings is 2. The number of carbonyl (C=O) groups excluding carboxylic acids is 1. The van der Waals surface area contributed by atoms with E-state index in [1.54, 1.807) is 13.2 Å². The molecule has 0 spiro atoms. The Hall–Kier alpha value is -2.12. The van der Waals surface area contributed by atoms with Crippen LogP contribution in [0.4, 0.5) is 8.78 Å². The number of halogens is 2. The second kappa shape index (κ2) is 9.19. The highest BCUT2D eigenvalue weighted by atomic mass is 32.2. The van der Waals surface area contributed by atoms with Crippen molar-refractivity contribution >= 4 is 17.7 Å². The van der Waals surface area contributed by atoms with Crippen LogP contribution in [0.25, 0.3) is 0 Å². The van der Waals surface area contributed by atoms with Crippen LogP contribution in [0.1, 0.15) is 17.9 Å². The summed E-state index contributed by atoms with van der Waals surface area (Å²) in [6.45, 7) is 1.37. The molecule has 1 heterocycles. The van der Waals surface area contributed by atoms with E-state index in [0.29, 0.717) is 12.1 Å². The molecule has 0 aromatic heterocycles.